The van der Waals surface area contributed by atoms with Gasteiger partial charge in [-0.2, -0.15) is 0 Å². The van der Waals surface area contributed by atoms with Gasteiger partial charge in [-0.05, 0) is 78.3 Å². The second-order valence-electron chi connectivity index (χ2n) is 8.99. The van der Waals surface area contributed by atoms with Crippen molar-refractivity contribution in [2.24, 2.45) is 0 Å². The van der Waals surface area contributed by atoms with Crippen molar-refractivity contribution in [2.75, 3.05) is 0 Å². The number of rotatable bonds is 3. The SMILES string of the molecule is [2H]c1c([2H])c([2H])c(-c2ccc3cc(-c4cccc(B5OC(C)(C)C(C)(C)O5)c4)ccc3c2)c([2H])c1[2H]. The van der Waals surface area contributed by atoms with Gasteiger partial charge in [-0.25, -0.2) is 0 Å². The van der Waals surface area contributed by atoms with E-state index in [4.69, 9.17) is 16.2 Å². The first-order valence-electron chi connectivity index (χ1n) is 13.0. The zero-order valence-corrected chi connectivity index (χ0v) is 18.2. The lowest BCUT2D eigenvalue weighted by molar-refractivity contribution is 0.00578. The minimum Gasteiger partial charge on any atom is -0.399 e. The van der Waals surface area contributed by atoms with Crippen LogP contribution in [-0.4, -0.2) is 18.3 Å². The molecule has 0 saturated carbocycles. The van der Waals surface area contributed by atoms with Gasteiger partial charge in [-0.1, -0.05) is 78.7 Å². The largest absolute Gasteiger partial charge is 0.494 e. The minimum absolute atomic E-state index is 0.198. The monoisotopic (exact) mass is 411 g/mol. The molecule has 3 heteroatoms. The van der Waals surface area contributed by atoms with E-state index in [-0.39, 0.29) is 35.8 Å². The zero-order chi connectivity index (χ0) is 26.0. The quantitative estimate of drug-likeness (QED) is 0.360. The Kier molecular flexibility index (Phi) is 3.57. The highest BCUT2D eigenvalue weighted by Gasteiger charge is 2.51. The molecule has 2 nitrogen and oxygen atoms in total. The first-order chi connectivity index (χ1) is 16.9. The fourth-order valence-electron chi connectivity index (χ4n) is 3.82. The van der Waals surface area contributed by atoms with Crippen molar-refractivity contribution in [1.29, 1.82) is 0 Å². The molecule has 31 heavy (non-hydrogen) atoms. The third-order valence-corrected chi connectivity index (χ3v) is 6.37. The summed E-state index contributed by atoms with van der Waals surface area (Å²) in [4.78, 5) is 0. The first-order valence-corrected chi connectivity index (χ1v) is 10.5. The van der Waals surface area contributed by atoms with Gasteiger partial charge in [0.1, 0.15) is 0 Å². The van der Waals surface area contributed by atoms with E-state index >= 15 is 0 Å². The summed E-state index contributed by atoms with van der Waals surface area (Å²) in [5.41, 5.74) is 3.03. The maximum atomic E-state index is 8.27. The molecule has 1 aliphatic rings. The number of benzene rings is 4. The van der Waals surface area contributed by atoms with Crippen LogP contribution in [0.2, 0.25) is 0 Å². The Bertz CT molecular complexity index is 1470. The van der Waals surface area contributed by atoms with Crippen molar-refractivity contribution in [2.45, 2.75) is 38.9 Å². The summed E-state index contributed by atoms with van der Waals surface area (Å²) in [6.45, 7) is 8.16. The molecule has 1 fully saturated rings. The Balaban J connectivity index is 1.51. The fourth-order valence-corrected chi connectivity index (χ4v) is 3.82. The molecule has 5 rings (SSSR count). The van der Waals surface area contributed by atoms with Crippen LogP contribution in [-0.2, 0) is 9.31 Å². The third kappa shape index (κ3) is 3.69. The summed E-state index contributed by atoms with van der Waals surface area (Å²) in [7, 11) is -0.435. The van der Waals surface area contributed by atoms with Crippen LogP contribution in [0.1, 0.15) is 34.5 Å². The molecule has 0 radical (unpaired) electrons. The summed E-state index contributed by atoms with van der Waals surface area (Å²) in [6.07, 6.45) is 0. The summed E-state index contributed by atoms with van der Waals surface area (Å²) in [5, 5.41) is 1.91. The van der Waals surface area contributed by atoms with E-state index in [1.807, 2.05) is 64.1 Å². The lowest BCUT2D eigenvalue weighted by Crippen LogP contribution is -2.41. The van der Waals surface area contributed by atoms with Crippen LogP contribution >= 0.6 is 0 Å². The molecule has 1 heterocycles. The van der Waals surface area contributed by atoms with Gasteiger partial charge in [-0.3, -0.25) is 0 Å². The van der Waals surface area contributed by atoms with Gasteiger partial charge in [0.25, 0.3) is 0 Å². The van der Waals surface area contributed by atoms with Crippen molar-refractivity contribution in [3.63, 3.8) is 0 Å². The maximum Gasteiger partial charge on any atom is 0.494 e. The molecule has 0 spiro atoms. The van der Waals surface area contributed by atoms with Crippen LogP contribution < -0.4 is 5.46 Å². The zero-order valence-electron chi connectivity index (χ0n) is 23.2. The fraction of sp³-hybridized carbons (Fsp3) is 0.214. The Morgan fingerprint density at radius 3 is 1.81 bits per heavy atom. The lowest BCUT2D eigenvalue weighted by atomic mass is 9.78. The first kappa shape index (κ1) is 15.0. The molecular weight excluding hydrogens is 379 g/mol. The summed E-state index contributed by atoms with van der Waals surface area (Å²) < 4.78 is 52.8. The number of fused-ring (bicyclic) bond motifs is 1. The van der Waals surface area contributed by atoms with Crippen molar-refractivity contribution in [3.05, 3.63) is 90.9 Å². The van der Waals surface area contributed by atoms with Crippen LogP contribution in [0, 0.1) is 0 Å². The van der Waals surface area contributed by atoms with Gasteiger partial charge < -0.3 is 9.31 Å². The molecule has 0 aliphatic carbocycles. The Morgan fingerprint density at radius 1 is 0.645 bits per heavy atom. The predicted molar refractivity (Wildman–Crippen MR) is 131 cm³/mol. The van der Waals surface area contributed by atoms with Crippen molar-refractivity contribution in [1.82, 2.24) is 0 Å². The molecule has 1 saturated heterocycles. The molecule has 0 atom stereocenters. The van der Waals surface area contributed by atoms with E-state index < -0.39 is 18.3 Å². The standard InChI is InChI=1S/C28H27BO2/c1-27(2)28(3,4)31-29(30-27)26-12-8-11-21(19-26)23-15-16-24-17-22(13-14-25(24)18-23)20-9-6-5-7-10-20/h5-19H,1-4H3/i5D,6D,7D,9D,10D. The molecule has 0 bridgehead atoms. The molecule has 4 aromatic rings. The minimum atomic E-state index is -0.435. The van der Waals surface area contributed by atoms with Gasteiger partial charge in [0.05, 0.1) is 18.1 Å². The summed E-state index contributed by atoms with van der Waals surface area (Å²) in [6, 6.07) is 18.4. The number of hydrogen-bond acceptors (Lipinski definition) is 2. The van der Waals surface area contributed by atoms with Gasteiger partial charge in [0, 0.05) is 0 Å². The highest BCUT2D eigenvalue weighted by atomic mass is 16.7. The molecule has 0 unspecified atom stereocenters. The normalized spacial score (nSPS) is 19.5. The van der Waals surface area contributed by atoms with E-state index in [2.05, 4.69) is 18.2 Å². The Labute approximate surface area is 192 Å². The molecule has 0 N–H and O–H groups in total. The van der Waals surface area contributed by atoms with Crippen LogP contribution in [0.15, 0.2) is 90.9 Å². The molecule has 1 aliphatic heterocycles. The van der Waals surface area contributed by atoms with Crippen molar-refractivity contribution >= 4 is 23.4 Å². The maximum absolute atomic E-state index is 8.27. The van der Waals surface area contributed by atoms with Crippen LogP contribution in [0.3, 0.4) is 0 Å². The lowest BCUT2D eigenvalue weighted by Gasteiger charge is -2.32. The predicted octanol–water partition coefficient (Wildman–Crippen LogP) is 6.47. The van der Waals surface area contributed by atoms with Crippen LogP contribution in [0.4, 0.5) is 0 Å². The van der Waals surface area contributed by atoms with E-state index in [0.29, 0.717) is 5.56 Å². The van der Waals surface area contributed by atoms with Crippen molar-refractivity contribution in [3.8, 4) is 22.3 Å². The molecular formula is C28H27BO2. The molecule has 0 amide bonds. The van der Waals surface area contributed by atoms with Crippen molar-refractivity contribution < 1.29 is 16.2 Å². The highest BCUT2D eigenvalue weighted by molar-refractivity contribution is 6.62. The van der Waals surface area contributed by atoms with E-state index in [0.717, 1.165) is 27.4 Å². The Morgan fingerprint density at radius 2 is 1.19 bits per heavy atom. The van der Waals surface area contributed by atoms with Gasteiger partial charge in [0.2, 0.25) is 0 Å². The van der Waals surface area contributed by atoms with E-state index in [1.54, 1.807) is 6.07 Å². The molecule has 0 aromatic heterocycles. The van der Waals surface area contributed by atoms with Gasteiger partial charge >= 0.3 is 7.12 Å². The van der Waals surface area contributed by atoms with E-state index in [9.17, 15) is 0 Å². The average molecular weight is 411 g/mol. The molecule has 154 valence electrons. The average Bonchev–Trinajstić information content (AvgIpc) is 3.08. The van der Waals surface area contributed by atoms with E-state index in [1.165, 1.54) is 0 Å². The smallest absolute Gasteiger partial charge is 0.399 e. The highest BCUT2D eigenvalue weighted by Crippen LogP contribution is 2.37. The van der Waals surface area contributed by atoms with Crippen LogP contribution in [0.5, 0.6) is 0 Å². The van der Waals surface area contributed by atoms with Gasteiger partial charge in [-0.15, -0.1) is 0 Å². The van der Waals surface area contributed by atoms with Gasteiger partial charge in [0.15, 0.2) is 0 Å². The number of hydrogen-bond donors (Lipinski definition) is 0. The summed E-state index contributed by atoms with van der Waals surface area (Å²) in [5.74, 6) is 0. The topological polar surface area (TPSA) is 18.5 Å². The van der Waals surface area contributed by atoms with Crippen LogP contribution in [0.25, 0.3) is 33.0 Å². The Hall–Kier alpha value is -2.88. The molecule has 4 aromatic carbocycles. The second-order valence-corrected chi connectivity index (χ2v) is 8.99. The summed E-state index contributed by atoms with van der Waals surface area (Å²) >= 11 is 0. The second kappa shape index (κ2) is 7.37. The third-order valence-electron chi connectivity index (χ3n) is 6.37.